The topological polar surface area (TPSA) is 84.5 Å². The molecule has 0 aliphatic heterocycles. The van der Waals surface area contributed by atoms with Crippen molar-refractivity contribution in [3.8, 4) is 0 Å². The molecule has 2 N–H and O–H groups in total. The molecule has 0 spiro atoms. The van der Waals surface area contributed by atoms with Crippen molar-refractivity contribution in [3.63, 3.8) is 0 Å². The fourth-order valence-electron chi connectivity index (χ4n) is 1.76. The van der Waals surface area contributed by atoms with E-state index in [1.54, 1.807) is 24.3 Å². The fraction of sp³-hybridized carbons (Fsp3) is 0.400. The summed E-state index contributed by atoms with van der Waals surface area (Å²) in [6, 6.07) is 5.71. The molecule has 1 rings (SSSR count). The lowest BCUT2D eigenvalue weighted by Crippen LogP contribution is -2.45. The molecule has 0 bridgehead atoms. The highest BCUT2D eigenvalue weighted by Gasteiger charge is 2.25. The van der Waals surface area contributed by atoms with E-state index in [4.69, 9.17) is 0 Å². The van der Waals surface area contributed by atoms with Crippen LogP contribution in [-0.4, -0.2) is 30.9 Å². The molecule has 0 aliphatic rings. The molecular weight excluding hydrogens is 272 g/mol. The van der Waals surface area contributed by atoms with Gasteiger partial charge in [0.15, 0.2) is 0 Å². The number of esters is 1. The van der Waals surface area contributed by atoms with Gasteiger partial charge >= 0.3 is 5.97 Å². The smallest absolute Gasteiger partial charge is 0.328 e. The van der Waals surface area contributed by atoms with Crippen LogP contribution in [0.25, 0.3) is 0 Å². The number of carbonyl (C=O) groups excluding carboxylic acids is 3. The van der Waals surface area contributed by atoms with E-state index in [-0.39, 0.29) is 17.7 Å². The normalized spacial score (nSPS) is 11.7. The Bertz CT molecular complexity index is 523. The van der Waals surface area contributed by atoms with Crippen LogP contribution in [0.3, 0.4) is 0 Å². The Morgan fingerprint density at radius 1 is 1.10 bits per heavy atom. The van der Waals surface area contributed by atoms with Crippen LogP contribution in [0.1, 0.15) is 31.1 Å². The van der Waals surface area contributed by atoms with Gasteiger partial charge in [-0.05, 0) is 30.2 Å². The molecule has 6 nitrogen and oxygen atoms in total. The molecule has 1 aromatic rings. The van der Waals surface area contributed by atoms with Crippen molar-refractivity contribution >= 4 is 23.5 Å². The molecule has 21 heavy (non-hydrogen) atoms. The van der Waals surface area contributed by atoms with Crippen LogP contribution in [0.15, 0.2) is 24.3 Å². The lowest BCUT2D eigenvalue weighted by Gasteiger charge is -2.19. The van der Waals surface area contributed by atoms with Crippen LogP contribution in [0.5, 0.6) is 0 Å². The molecular formula is C15H20N2O4. The minimum atomic E-state index is -0.697. The second kappa shape index (κ2) is 7.42. The number of benzene rings is 1. The van der Waals surface area contributed by atoms with Crippen LogP contribution in [-0.2, 0) is 14.3 Å². The summed E-state index contributed by atoms with van der Waals surface area (Å²) >= 11 is 0. The highest BCUT2D eigenvalue weighted by molar-refractivity contribution is 5.97. The number of rotatable bonds is 5. The average molecular weight is 292 g/mol. The van der Waals surface area contributed by atoms with Gasteiger partial charge in [-0.15, -0.1) is 0 Å². The molecule has 0 aromatic heterocycles. The van der Waals surface area contributed by atoms with Gasteiger partial charge in [0.1, 0.15) is 6.04 Å². The Morgan fingerprint density at radius 2 is 1.67 bits per heavy atom. The standard InChI is InChI=1S/C15H20N2O4/c1-9(2)13(15(20)21-4)17-14(19)11-5-7-12(8-6-11)16-10(3)18/h5-9,13H,1-4H3,(H,16,18)(H,17,19). The summed E-state index contributed by atoms with van der Waals surface area (Å²) in [5.74, 6) is -1.11. The molecule has 0 radical (unpaired) electrons. The van der Waals surface area contributed by atoms with Gasteiger partial charge in [0.25, 0.3) is 5.91 Å². The van der Waals surface area contributed by atoms with Crippen LogP contribution in [0, 0.1) is 5.92 Å². The predicted molar refractivity (Wildman–Crippen MR) is 78.9 cm³/mol. The van der Waals surface area contributed by atoms with Gasteiger partial charge in [0.2, 0.25) is 5.91 Å². The Kier molecular flexibility index (Phi) is 5.90. The van der Waals surface area contributed by atoms with E-state index in [1.807, 2.05) is 13.8 Å². The number of hydrogen-bond donors (Lipinski definition) is 2. The van der Waals surface area contributed by atoms with E-state index >= 15 is 0 Å². The van der Waals surface area contributed by atoms with Gasteiger partial charge in [0.05, 0.1) is 7.11 Å². The number of methoxy groups -OCH3 is 1. The number of amides is 2. The van der Waals surface area contributed by atoms with E-state index in [9.17, 15) is 14.4 Å². The summed E-state index contributed by atoms with van der Waals surface area (Å²) in [4.78, 5) is 34.6. The molecule has 6 heteroatoms. The van der Waals surface area contributed by atoms with Gasteiger partial charge in [-0.2, -0.15) is 0 Å². The largest absolute Gasteiger partial charge is 0.467 e. The molecule has 2 amide bonds. The summed E-state index contributed by atoms with van der Waals surface area (Å²) < 4.78 is 4.67. The first-order chi connectivity index (χ1) is 9.85. The summed E-state index contributed by atoms with van der Waals surface area (Å²) in [5.41, 5.74) is 1.01. The zero-order valence-corrected chi connectivity index (χ0v) is 12.6. The zero-order valence-electron chi connectivity index (χ0n) is 12.6. The van der Waals surface area contributed by atoms with Crippen molar-refractivity contribution in [1.82, 2.24) is 5.32 Å². The van der Waals surface area contributed by atoms with Crippen molar-refractivity contribution in [3.05, 3.63) is 29.8 Å². The van der Waals surface area contributed by atoms with Crippen LogP contribution >= 0.6 is 0 Å². The maximum atomic E-state index is 12.1. The van der Waals surface area contributed by atoms with Crippen LogP contribution in [0.4, 0.5) is 5.69 Å². The monoisotopic (exact) mass is 292 g/mol. The first kappa shape index (κ1) is 16.7. The third-order valence-corrected chi connectivity index (χ3v) is 2.88. The minimum absolute atomic E-state index is 0.0833. The quantitative estimate of drug-likeness (QED) is 0.807. The predicted octanol–water partition coefficient (Wildman–Crippen LogP) is 1.57. The van der Waals surface area contributed by atoms with Gasteiger partial charge in [-0.25, -0.2) is 4.79 Å². The van der Waals surface area contributed by atoms with E-state index < -0.39 is 12.0 Å². The van der Waals surface area contributed by atoms with E-state index in [0.717, 1.165) is 0 Å². The molecule has 1 aromatic carbocycles. The summed E-state index contributed by atoms with van der Waals surface area (Å²) in [6.07, 6.45) is 0. The van der Waals surface area contributed by atoms with Crippen molar-refractivity contribution in [2.75, 3.05) is 12.4 Å². The molecule has 0 heterocycles. The second-order valence-corrected chi connectivity index (χ2v) is 4.98. The maximum absolute atomic E-state index is 12.1. The highest BCUT2D eigenvalue weighted by Crippen LogP contribution is 2.11. The van der Waals surface area contributed by atoms with Crippen LogP contribution < -0.4 is 10.6 Å². The number of ether oxygens (including phenoxy) is 1. The van der Waals surface area contributed by atoms with E-state index in [0.29, 0.717) is 11.3 Å². The van der Waals surface area contributed by atoms with Crippen molar-refractivity contribution in [2.45, 2.75) is 26.8 Å². The lowest BCUT2D eigenvalue weighted by molar-refractivity contribution is -0.144. The van der Waals surface area contributed by atoms with Gasteiger partial charge in [-0.1, -0.05) is 13.8 Å². The molecule has 0 saturated carbocycles. The third kappa shape index (κ3) is 4.91. The first-order valence-electron chi connectivity index (χ1n) is 6.61. The molecule has 0 saturated heterocycles. The Morgan fingerprint density at radius 3 is 2.10 bits per heavy atom. The summed E-state index contributed by atoms with van der Waals surface area (Å²) in [7, 11) is 1.28. The Balaban J connectivity index is 2.78. The average Bonchev–Trinajstić information content (AvgIpc) is 2.43. The highest BCUT2D eigenvalue weighted by atomic mass is 16.5. The molecule has 0 aliphatic carbocycles. The molecule has 114 valence electrons. The van der Waals surface area contributed by atoms with Crippen molar-refractivity contribution < 1.29 is 19.1 Å². The molecule has 1 atom stereocenters. The minimum Gasteiger partial charge on any atom is -0.467 e. The Hall–Kier alpha value is -2.37. The van der Waals surface area contributed by atoms with E-state index in [2.05, 4.69) is 15.4 Å². The number of carbonyl (C=O) groups is 3. The summed E-state index contributed by atoms with van der Waals surface area (Å²) in [5, 5.41) is 5.26. The van der Waals surface area contributed by atoms with Gasteiger partial charge < -0.3 is 15.4 Å². The molecule has 1 unspecified atom stereocenters. The first-order valence-corrected chi connectivity index (χ1v) is 6.61. The second-order valence-electron chi connectivity index (χ2n) is 4.98. The zero-order chi connectivity index (χ0) is 16.0. The van der Waals surface area contributed by atoms with Crippen LogP contribution in [0.2, 0.25) is 0 Å². The number of nitrogens with one attached hydrogen (secondary N) is 2. The Labute approximate surface area is 123 Å². The third-order valence-electron chi connectivity index (χ3n) is 2.88. The lowest BCUT2D eigenvalue weighted by atomic mass is 10.0. The number of hydrogen-bond acceptors (Lipinski definition) is 4. The molecule has 0 fully saturated rings. The number of anilines is 1. The fourth-order valence-corrected chi connectivity index (χ4v) is 1.76. The SMILES string of the molecule is COC(=O)C(NC(=O)c1ccc(NC(C)=O)cc1)C(C)C. The van der Waals surface area contributed by atoms with Crippen molar-refractivity contribution in [2.24, 2.45) is 5.92 Å². The van der Waals surface area contributed by atoms with Crippen molar-refractivity contribution in [1.29, 1.82) is 0 Å². The van der Waals surface area contributed by atoms with Gasteiger partial charge in [0, 0.05) is 18.2 Å². The van der Waals surface area contributed by atoms with Gasteiger partial charge in [-0.3, -0.25) is 9.59 Å². The summed E-state index contributed by atoms with van der Waals surface area (Å²) in [6.45, 7) is 5.05. The van der Waals surface area contributed by atoms with E-state index in [1.165, 1.54) is 14.0 Å². The maximum Gasteiger partial charge on any atom is 0.328 e.